The van der Waals surface area contributed by atoms with Crippen LogP contribution < -0.4 is 0 Å². The molecule has 0 spiro atoms. The fourth-order valence-corrected chi connectivity index (χ4v) is 4.78. The number of nitro benzene ring substituents is 1. The molecule has 2 unspecified atom stereocenters. The number of esters is 1. The van der Waals surface area contributed by atoms with Crippen molar-refractivity contribution < 1.29 is 27.6 Å². The third-order valence-corrected chi connectivity index (χ3v) is 6.48. The molecule has 2 aromatic carbocycles. The summed E-state index contributed by atoms with van der Waals surface area (Å²) < 4.78 is 37.9. The fourth-order valence-electron chi connectivity index (χ4n) is 3.19. The molecular weight excluding hydrogens is 412 g/mol. The minimum atomic E-state index is -3.69. The molecule has 1 aliphatic heterocycles. The Labute approximate surface area is 174 Å². The van der Waals surface area contributed by atoms with Gasteiger partial charge >= 0.3 is 5.97 Å². The molecule has 1 heterocycles. The van der Waals surface area contributed by atoms with E-state index in [1.54, 1.807) is 0 Å². The van der Waals surface area contributed by atoms with Gasteiger partial charge in [0.1, 0.15) is 6.61 Å². The number of carbonyl (C=O) groups excluding carboxylic acids is 1. The predicted octanol–water partition coefficient (Wildman–Crippen LogP) is 2.75. The maximum atomic E-state index is 12.9. The van der Waals surface area contributed by atoms with Gasteiger partial charge in [-0.05, 0) is 55.8 Å². The number of nitro groups is 1. The van der Waals surface area contributed by atoms with Gasteiger partial charge in [0.25, 0.3) is 5.69 Å². The summed E-state index contributed by atoms with van der Waals surface area (Å²) in [5, 5.41) is 10.7. The molecule has 0 radical (unpaired) electrons. The monoisotopic (exact) mass is 434 g/mol. The molecule has 1 fully saturated rings. The van der Waals surface area contributed by atoms with Crippen LogP contribution in [-0.4, -0.2) is 48.9 Å². The number of rotatable bonds is 6. The van der Waals surface area contributed by atoms with Gasteiger partial charge in [0.05, 0.1) is 27.6 Å². The van der Waals surface area contributed by atoms with Gasteiger partial charge in [0, 0.05) is 25.2 Å². The predicted molar refractivity (Wildman–Crippen MR) is 107 cm³/mol. The van der Waals surface area contributed by atoms with Gasteiger partial charge in [-0.25, -0.2) is 13.2 Å². The van der Waals surface area contributed by atoms with E-state index in [4.69, 9.17) is 9.47 Å². The Morgan fingerprint density at radius 3 is 2.20 bits per heavy atom. The molecule has 0 N–H and O–H groups in total. The van der Waals surface area contributed by atoms with E-state index in [1.807, 2.05) is 13.8 Å². The molecule has 3 rings (SSSR count). The number of hydrogen-bond donors (Lipinski definition) is 0. The Kier molecular flexibility index (Phi) is 6.49. The molecule has 0 aromatic heterocycles. The Balaban J connectivity index is 1.64. The summed E-state index contributed by atoms with van der Waals surface area (Å²) in [6, 6.07) is 11.2. The molecule has 0 bridgehead atoms. The largest absolute Gasteiger partial charge is 0.457 e. The minimum absolute atomic E-state index is 0.0501. The minimum Gasteiger partial charge on any atom is -0.457 e. The van der Waals surface area contributed by atoms with Crippen molar-refractivity contribution in [1.29, 1.82) is 0 Å². The molecule has 2 aromatic rings. The Bertz CT molecular complexity index is 1010. The van der Waals surface area contributed by atoms with E-state index < -0.39 is 20.9 Å². The first-order valence-electron chi connectivity index (χ1n) is 9.33. The first-order valence-corrected chi connectivity index (χ1v) is 10.8. The fraction of sp³-hybridized carbons (Fsp3) is 0.350. The smallest absolute Gasteiger partial charge is 0.338 e. The second-order valence-corrected chi connectivity index (χ2v) is 9.04. The van der Waals surface area contributed by atoms with Crippen LogP contribution in [0.25, 0.3) is 0 Å². The third-order valence-electron chi connectivity index (χ3n) is 4.63. The highest BCUT2D eigenvalue weighted by molar-refractivity contribution is 7.89. The molecule has 0 amide bonds. The summed E-state index contributed by atoms with van der Waals surface area (Å²) in [5.74, 6) is -0.620. The van der Waals surface area contributed by atoms with Gasteiger partial charge in [0.2, 0.25) is 10.0 Å². The topological polar surface area (TPSA) is 116 Å². The van der Waals surface area contributed by atoms with Crippen LogP contribution in [-0.2, 0) is 26.1 Å². The van der Waals surface area contributed by atoms with Crippen molar-refractivity contribution in [3.05, 3.63) is 69.8 Å². The highest BCUT2D eigenvalue weighted by atomic mass is 32.2. The number of hydrogen-bond acceptors (Lipinski definition) is 7. The van der Waals surface area contributed by atoms with Crippen LogP contribution in [0.4, 0.5) is 5.69 Å². The normalized spacial score (nSPS) is 19.9. The van der Waals surface area contributed by atoms with Crippen LogP contribution in [0.2, 0.25) is 0 Å². The molecule has 1 aliphatic rings. The van der Waals surface area contributed by atoms with Crippen molar-refractivity contribution in [2.45, 2.75) is 37.6 Å². The molecular formula is C20H22N2O7S. The van der Waals surface area contributed by atoms with E-state index in [1.165, 1.54) is 52.8 Å². The van der Waals surface area contributed by atoms with Gasteiger partial charge in [-0.15, -0.1) is 0 Å². The van der Waals surface area contributed by atoms with Crippen LogP contribution in [0.1, 0.15) is 29.8 Å². The molecule has 0 aliphatic carbocycles. The van der Waals surface area contributed by atoms with Crippen molar-refractivity contribution in [1.82, 2.24) is 4.31 Å². The number of sulfonamides is 1. The second-order valence-electron chi connectivity index (χ2n) is 7.10. The Hall–Kier alpha value is -2.82. The third kappa shape index (κ3) is 5.02. The summed E-state index contributed by atoms with van der Waals surface area (Å²) in [7, 11) is -3.69. The van der Waals surface area contributed by atoms with Crippen molar-refractivity contribution >= 4 is 21.7 Å². The zero-order valence-electron chi connectivity index (χ0n) is 16.6. The second kappa shape index (κ2) is 8.90. The maximum absolute atomic E-state index is 12.9. The summed E-state index contributed by atoms with van der Waals surface area (Å²) in [6.45, 7) is 4.13. The van der Waals surface area contributed by atoms with Gasteiger partial charge < -0.3 is 9.47 Å². The Morgan fingerprint density at radius 1 is 1.10 bits per heavy atom. The molecule has 0 saturated carbocycles. The van der Waals surface area contributed by atoms with Crippen LogP contribution >= 0.6 is 0 Å². The van der Waals surface area contributed by atoms with E-state index in [9.17, 15) is 23.3 Å². The summed E-state index contributed by atoms with van der Waals surface area (Å²) in [5.41, 5.74) is 0.759. The number of benzene rings is 2. The zero-order valence-corrected chi connectivity index (χ0v) is 17.4. The first kappa shape index (κ1) is 21.9. The summed E-state index contributed by atoms with van der Waals surface area (Å²) in [6.07, 6.45) is -0.394. The van der Waals surface area contributed by atoms with E-state index >= 15 is 0 Å². The summed E-state index contributed by atoms with van der Waals surface area (Å²) in [4.78, 5) is 22.5. The van der Waals surface area contributed by atoms with Gasteiger partial charge in [0.15, 0.2) is 0 Å². The number of morpholine rings is 1. The van der Waals surface area contributed by atoms with Crippen molar-refractivity contribution in [3.8, 4) is 0 Å². The van der Waals surface area contributed by atoms with Gasteiger partial charge in [-0.3, -0.25) is 10.1 Å². The lowest BCUT2D eigenvalue weighted by atomic mass is 10.2. The van der Waals surface area contributed by atoms with Gasteiger partial charge in [-0.1, -0.05) is 0 Å². The standard InChI is InChI=1S/C20H22N2O7S/c1-14-11-21(12-15(2)29-14)30(26,27)19-9-5-17(6-10-19)20(23)28-13-16-3-7-18(8-4-16)22(24)25/h3-10,14-15H,11-13H2,1-2H3. The van der Waals surface area contributed by atoms with E-state index in [0.29, 0.717) is 5.56 Å². The van der Waals surface area contributed by atoms with Crippen LogP contribution in [0.15, 0.2) is 53.4 Å². The molecule has 2 atom stereocenters. The number of non-ortho nitro benzene ring substituents is 1. The van der Waals surface area contributed by atoms with Crippen LogP contribution in [0.5, 0.6) is 0 Å². The SMILES string of the molecule is CC1CN(S(=O)(=O)c2ccc(C(=O)OCc3ccc([N+](=O)[O-])cc3)cc2)CC(C)O1. The number of carbonyl (C=O) groups is 1. The first-order chi connectivity index (χ1) is 14.2. The lowest BCUT2D eigenvalue weighted by Crippen LogP contribution is -2.48. The Morgan fingerprint density at radius 2 is 1.67 bits per heavy atom. The average molecular weight is 434 g/mol. The maximum Gasteiger partial charge on any atom is 0.338 e. The number of nitrogens with zero attached hydrogens (tertiary/aromatic N) is 2. The molecule has 30 heavy (non-hydrogen) atoms. The van der Waals surface area contributed by atoms with E-state index in [0.717, 1.165) is 0 Å². The van der Waals surface area contributed by atoms with Gasteiger partial charge in [-0.2, -0.15) is 4.31 Å². The van der Waals surface area contributed by atoms with Crippen molar-refractivity contribution in [2.75, 3.05) is 13.1 Å². The van der Waals surface area contributed by atoms with E-state index in [2.05, 4.69) is 0 Å². The van der Waals surface area contributed by atoms with Crippen LogP contribution in [0, 0.1) is 10.1 Å². The number of ether oxygens (including phenoxy) is 2. The summed E-state index contributed by atoms with van der Waals surface area (Å²) >= 11 is 0. The van der Waals surface area contributed by atoms with E-state index in [-0.39, 0.29) is 48.1 Å². The van der Waals surface area contributed by atoms with Crippen LogP contribution in [0.3, 0.4) is 0 Å². The molecule has 160 valence electrons. The highest BCUT2D eigenvalue weighted by Gasteiger charge is 2.32. The molecule has 1 saturated heterocycles. The lowest BCUT2D eigenvalue weighted by Gasteiger charge is -2.34. The van der Waals surface area contributed by atoms with Crippen molar-refractivity contribution in [3.63, 3.8) is 0 Å². The molecule has 10 heteroatoms. The molecule has 9 nitrogen and oxygen atoms in total. The average Bonchev–Trinajstić information content (AvgIpc) is 2.71. The lowest BCUT2D eigenvalue weighted by molar-refractivity contribution is -0.384. The quantitative estimate of drug-likeness (QED) is 0.390. The van der Waals surface area contributed by atoms with Crippen molar-refractivity contribution in [2.24, 2.45) is 0 Å². The highest BCUT2D eigenvalue weighted by Crippen LogP contribution is 2.22. The zero-order chi connectivity index (χ0) is 21.9.